The number of pyridine rings is 2. The van der Waals surface area contributed by atoms with Gasteiger partial charge in [-0.25, -0.2) is 14.4 Å². The van der Waals surface area contributed by atoms with Crippen molar-refractivity contribution in [3.05, 3.63) is 58.9 Å². The van der Waals surface area contributed by atoms with Crippen molar-refractivity contribution in [2.24, 2.45) is 10.7 Å². The second-order valence-electron chi connectivity index (χ2n) is 6.14. The van der Waals surface area contributed by atoms with Gasteiger partial charge in [0.2, 0.25) is 0 Å². The highest BCUT2D eigenvalue weighted by Gasteiger charge is 2.31. The van der Waals surface area contributed by atoms with E-state index in [4.69, 9.17) is 11.0 Å². The molecule has 1 aliphatic rings. The SMILES string of the molecule is C[C@@]1(c2cc(CC(=O)c3ncc(C#N)cc3F)ccn2)CCSC(N)=N1. The highest BCUT2D eigenvalue weighted by molar-refractivity contribution is 8.13. The first-order chi connectivity index (χ1) is 12.4. The summed E-state index contributed by atoms with van der Waals surface area (Å²) in [5, 5.41) is 9.27. The molecule has 0 saturated heterocycles. The van der Waals surface area contributed by atoms with E-state index in [0.29, 0.717) is 10.7 Å². The van der Waals surface area contributed by atoms with Crippen LogP contribution >= 0.6 is 11.8 Å². The molecule has 0 unspecified atom stereocenters. The van der Waals surface area contributed by atoms with Crippen molar-refractivity contribution in [1.29, 1.82) is 5.26 Å². The lowest BCUT2D eigenvalue weighted by Crippen LogP contribution is -2.29. The summed E-state index contributed by atoms with van der Waals surface area (Å²) in [6, 6.07) is 6.30. The van der Waals surface area contributed by atoms with Gasteiger partial charge in [0.15, 0.2) is 16.8 Å². The van der Waals surface area contributed by atoms with Gasteiger partial charge in [-0.3, -0.25) is 9.78 Å². The average molecular weight is 369 g/mol. The van der Waals surface area contributed by atoms with Gasteiger partial charge >= 0.3 is 0 Å². The van der Waals surface area contributed by atoms with Gasteiger partial charge in [-0.1, -0.05) is 11.8 Å². The molecule has 0 saturated carbocycles. The number of hydrogen-bond acceptors (Lipinski definition) is 7. The van der Waals surface area contributed by atoms with E-state index in [0.717, 1.165) is 23.9 Å². The number of halogens is 1. The van der Waals surface area contributed by atoms with E-state index in [9.17, 15) is 9.18 Å². The van der Waals surface area contributed by atoms with E-state index < -0.39 is 17.1 Å². The number of amidine groups is 1. The third-order valence-corrected chi connectivity index (χ3v) is 4.97. The maximum Gasteiger partial charge on any atom is 0.188 e. The van der Waals surface area contributed by atoms with Crippen LogP contribution in [0.15, 0.2) is 35.6 Å². The number of carbonyl (C=O) groups is 1. The van der Waals surface area contributed by atoms with E-state index >= 15 is 0 Å². The standard InChI is InChI=1S/C18H16FN5OS/c1-18(3-5-26-17(21)24-18)15-8-11(2-4-22-15)7-14(25)16-13(19)6-12(9-20)10-23-16/h2,4,6,8,10H,3,5,7H2,1H3,(H2,21,24)/t18-/m0/s1. The fourth-order valence-corrected chi connectivity index (χ4v) is 3.70. The third kappa shape index (κ3) is 3.73. The Morgan fingerprint density at radius 1 is 1.46 bits per heavy atom. The number of thioether (sulfide) groups is 1. The van der Waals surface area contributed by atoms with Gasteiger partial charge in [-0.2, -0.15) is 5.26 Å². The van der Waals surface area contributed by atoms with Crippen molar-refractivity contribution in [2.75, 3.05) is 5.75 Å². The van der Waals surface area contributed by atoms with Gasteiger partial charge < -0.3 is 5.73 Å². The smallest absolute Gasteiger partial charge is 0.188 e. The maximum absolute atomic E-state index is 14.0. The normalized spacial score (nSPS) is 19.5. The van der Waals surface area contributed by atoms with Crippen molar-refractivity contribution >= 4 is 22.7 Å². The molecule has 0 amide bonds. The molecule has 2 aromatic rings. The summed E-state index contributed by atoms with van der Waals surface area (Å²) in [4.78, 5) is 25.1. The molecule has 0 fully saturated rings. The largest absolute Gasteiger partial charge is 0.379 e. The first-order valence-corrected chi connectivity index (χ1v) is 8.92. The van der Waals surface area contributed by atoms with Crippen LogP contribution in [-0.2, 0) is 12.0 Å². The summed E-state index contributed by atoms with van der Waals surface area (Å²) < 4.78 is 14.0. The number of nitrogens with zero attached hydrogens (tertiary/aromatic N) is 4. The molecule has 1 aliphatic heterocycles. The number of nitriles is 1. The number of aliphatic imine (C=N–C) groups is 1. The molecule has 6 nitrogen and oxygen atoms in total. The summed E-state index contributed by atoms with van der Waals surface area (Å²) in [6.07, 6.45) is 3.57. The summed E-state index contributed by atoms with van der Waals surface area (Å²) in [5.41, 5.74) is 6.52. The van der Waals surface area contributed by atoms with E-state index in [1.54, 1.807) is 24.4 Å². The number of hydrogen-bond donors (Lipinski definition) is 1. The van der Waals surface area contributed by atoms with Gasteiger partial charge in [0, 0.05) is 24.6 Å². The Bertz CT molecular complexity index is 939. The molecule has 8 heteroatoms. The molecular formula is C18H16FN5OS. The minimum Gasteiger partial charge on any atom is -0.379 e. The predicted molar refractivity (Wildman–Crippen MR) is 97.2 cm³/mol. The van der Waals surface area contributed by atoms with Crippen LogP contribution in [0.1, 0.15) is 40.7 Å². The summed E-state index contributed by atoms with van der Waals surface area (Å²) in [5.74, 6) is -0.412. The molecule has 3 heterocycles. The lowest BCUT2D eigenvalue weighted by atomic mass is 9.92. The van der Waals surface area contributed by atoms with E-state index in [-0.39, 0.29) is 17.7 Å². The highest BCUT2D eigenvalue weighted by atomic mass is 32.2. The molecule has 2 aromatic heterocycles. The number of Topliss-reactive ketones (excluding diaryl/α,β-unsaturated/α-hetero) is 1. The van der Waals surface area contributed by atoms with Gasteiger partial charge in [0.05, 0.1) is 11.3 Å². The second kappa shape index (κ2) is 7.22. The van der Waals surface area contributed by atoms with Crippen LogP contribution in [0.5, 0.6) is 0 Å². The molecule has 3 rings (SSSR count). The van der Waals surface area contributed by atoms with Crippen LogP contribution in [-0.4, -0.2) is 26.7 Å². The topological polar surface area (TPSA) is 105 Å². The van der Waals surface area contributed by atoms with Crippen molar-refractivity contribution in [2.45, 2.75) is 25.3 Å². The Kier molecular flexibility index (Phi) is 5.00. The van der Waals surface area contributed by atoms with Crippen molar-refractivity contribution in [1.82, 2.24) is 9.97 Å². The molecule has 0 aliphatic carbocycles. The summed E-state index contributed by atoms with van der Waals surface area (Å²) >= 11 is 1.50. The van der Waals surface area contributed by atoms with Crippen LogP contribution < -0.4 is 5.73 Å². The second-order valence-corrected chi connectivity index (χ2v) is 7.25. The lowest BCUT2D eigenvalue weighted by Gasteiger charge is -2.28. The summed E-state index contributed by atoms with van der Waals surface area (Å²) in [6.45, 7) is 1.95. The van der Waals surface area contributed by atoms with Crippen LogP contribution in [0.4, 0.5) is 4.39 Å². The molecule has 2 N–H and O–H groups in total. The maximum atomic E-state index is 14.0. The minimum atomic E-state index is -0.794. The number of carbonyl (C=O) groups excluding carboxylic acids is 1. The molecule has 0 bridgehead atoms. The van der Waals surface area contributed by atoms with Crippen LogP contribution in [0.3, 0.4) is 0 Å². The van der Waals surface area contributed by atoms with Gasteiger partial charge in [0.25, 0.3) is 0 Å². The number of aromatic nitrogens is 2. The fourth-order valence-electron chi connectivity index (χ4n) is 2.72. The monoisotopic (exact) mass is 369 g/mol. The van der Waals surface area contributed by atoms with Crippen molar-refractivity contribution < 1.29 is 9.18 Å². The molecule has 0 aromatic carbocycles. The lowest BCUT2D eigenvalue weighted by molar-refractivity contribution is 0.0984. The van der Waals surface area contributed by atoms with E-state index in [1.165, 1.54) is 18.0 Å². The highest BCUT2D eigenvalue weighted by Crippen LogP contribution is 2.34. The Hall–Kier alpha value is -2.79. The first kappa shape index (κ1) is 18.0. The fraction of sp³-hybridized carbons (Fsp3) is 0.278. The molecule has 132 valence electrons. The first-order valence-electron chi connectivity index (χ1n) is 7.94. The third-order valence-electron chi connectivity index (χ3n) is 4.17. The zero-order chi connectivity index (χ0) is 18.7. The minimum absolute atomic E-state index is 0.0185. The van der Waals surface area contributed by atoms with Gasteiger partial charge in [-0.15, -0.1) is 0 Å². The molecule has 0 spiro atoms. The van der Waals surface area contributed by atoms with Crippen molar-refractivity contribution in [3.8, 4) is 6.07 Å². The molecule has 26 heavy (non-hydrogen) atoms. The zero-order valence-corrected chi connectivity index (χ0v) is 14.9. The molecule has 0 radical (unpaired) electrons. The number of rotatable bonds is 4. The Balaban J connectivity index is 1.84. The Morgan fingerprint density at radius 2 is 2.27 bits per heavy atom. The van der Waals surface area contributed by atoms with Gasteiger partial charge in [-0.05, 0) is 37.1 Å². The Labute approximate surface area is 154 Å². The molecular weight excluding hydrogens is 353 g/mol. The summed E-state index contributed by atoms with van der Waals surface area (Å²) in [7, 11) is 0. The van der Waals surface area contributed by atoms with Gasteiger partial charge in [0.1, 0.15) is 17.3 Å². The number of ketones is 1. The number of nitrogens with two attached hydrogens (primary N) is 1. The van der Waals surface area contributed by atoms with Crippen LogP contribution in [0, 0.1) is 17.1 Å². The van der Waals surface area contributed by atoms with Crippen molar-refractivity contribution in [3.63, 3.8) is 0 Å². The quantitative estimate of drug-likeness (QED) is 0.831. The Morgan fingerprint density at radius 3 is 2.96 bits per heavy atom. The van der Waals surface area contributed by atoms with Crippen LogP contribution in [0.2, 0.25) is 0 Å². The average Bonchev–Trinajstić information content (AvgIpc) is 2.61. The molecule has 1 atom stereocenters. The van der Waals surface area contributed by atoms with Crippen LogP contribution in [0.25, 0.3) is 0 Å². The zero-order valence-electron chi connectivity index (χ0n) is 14.1. The van der Waals surface area contributed by atoms with E-state index in [1.807, 2.05) is 6.92 Å². The predicted octanol–water partition coefficient (Wildman–Crippen LogP) is 2.58. The van der Waals surface area contributed by atoms with E-state index in [2.05, 4.69) is 15.0 Å².